The van der Waals surface area contributed by atoms with Crippen LogP contribution in [0.5, 0.6) is 11.5 Å². The molecule has 2 amide bonds. The Bertz CT molecular complexity index is 1440. The van der Waals surface area contributed by atoms with Crippen molar-refractivity contribution in [2.45, 2.75) is 62.8 Å². The maximum atomic E-state index is 14.9. The van der Waals surface area contributed by atoms with Crippen LogP contribution < -0.4 is 14.8 Å². The number of rotatable bonds is 10. The summed E-state index contributed by atoms with van der Waals surface area (Å²) in [4.78, 5) is 40.9. The average Bonchev–Trinajstić information content (AvgIpc) is 3.74. The second-order valence-electron chi connectivity index (χ2n) is 12.2. The molecule has 9 nitrogen and oxygen atoms in total. The zero-order valence-corrected chi connectivity index (χ0v) is 24.1. The molecule has 1 heterocycles. The second-order valence-corrected chi connectivity index (χ2v) is 12.2. The zero-order chi connectivity index (χ0) is 30.2. The quantitative estimate of drug-likeness (QED) is 0.362. The molecule has 2 bridgehead atoms. The molecule has 2 fully saturated rings. The number of halogens is 1. The van der Waals surface area contributed by atoms with E-state index in [-0.39, 0.29) is 49.3 Å². The van der Waals surface area contributed by atoms with Gasteiger partial charge in [0.15, 0.2) is 11.5 Å². The van der Waals surface area contributed by atoms with Gasteiger partial charge in [-0.2, -0.15) is 0 Å². The van der Waals surface area contributed by atoms with Gasteiger partial charge in [0.25, 0.3) is 0 Å². The van der Waals surface area contributed by atoms with E-state index in [1.807, 2.05) is 0 Å². The van der Waals surface area contributed by atoms with Crippen LogP contribution in [0.4, 0.5) is 4.39 Å². The third-order valence-corrected chi connectivity index (χ3v) is 9.71. The maximum absolute atomic E-state index is 14.9. The number of aliphatic hydroxyl groups excluding tert-OH is 2. The molecule has 0 radical (unpaired) electrons. The fourth-order valence-corrected chi connectivity index (χ4v) is 7.70. The number of carbonyl (C=O) groups is 3. The summed E-state index contributed by atoms with van der Waals surface area (Å²) in [5, 5.41) is 23.9. The van der Waals surface area contributed by atoms with Crippen molar-refractivity contribution in [1.82, 2.24) is 10.2 Å². The number of carbonyl (C=O) groups excluding carboxylic acids is 3. The molecule has 0 saturated heterocycles. The topological polar surface area (TPSA) is 125 Å². The van der Waals surface area contributed by atoms with Gasteiger partial charge in [-0.1, -0.05) is 24.6 Å². The van der Waals surface area contributed by atoms with Crippen molar-refractivity contribution in [3.05, 3.63) is 70.6 Å². The van der Waals surface area contributed by atoms with Gasteiger partial charge in [-0.05, 0) is 61.3 Å². The third-order valence-electron chi connectivity index (χ3n) is 9.71. The largest absolute Gasteiger partial charge is 0.493 e. The molecule has 7 unspecified atom stereocenters. The van der Waals surface area contributed by atoms with E-state index in [9.17, 15) is 29.0 Å². The van der Waals surface area contributed by atoms with Crippen LogP contribution in [-0.4, -0.2) is 71.7 Å². The highest BCUT2D eigenvalue weighted by Gasteiger charge is 2.52. The van der Waals surface area contributed by atoms with Crippen LogP contribution in [0.3, 0.4) is 0 Å². The number of aldehydes is 1. The lowest BCUT2D eigenvalue weighted by Gasteiger charge is -2.41. The lowest BCUT2D eigenvalue weighted by molar-refractivity contribution is -0.139. The highest BCUT2D eigenvalue weighted by molar-refractivity contribution is 5.96. The van der Waals surface area contributed by atoms with Crippen LogP contribution >= 0.6 is 0 Å². The number of nitrogens with one attached hydrogen (secondary N) is 1. The molecule has 3 N–H and O–H groups in total. The van der Waals surface area contributed by atoms with Crippen LogP contribution in [0.1, 0.15) is 59.5 Å². The Morgan fingerprint density at radius 2 is 2.02 bits per heavy atom. The van der Waals surface area contributed by atoms with Gasteiger partial charge in [0.05, 0.1) is 25.7 Å². The molecule has 0 aromatic heterocycles. The van der Waals surface area contributed by atoms with E-state index in [0.29, 0.717) is 40.6 Å². The number of benzene rings is 2. The van der Waals surface area contributed by atoms with Crippen molar-refractivity contribution in [2.24, 2.45) is 17.8 Å². The number of hydrogen-bond donors (Lipinski definition) is 3. The second kappa shape index (κ2) is 12.1. The molecule has 228 valence electrons. The minimum absolute atomic E-state index is 0.00566. The number of methoxy groups -OCH3 is 1. The highest BCUT2D eigenvalue weighted by Crippen LogP contribution is 2.52. The summed E-state index contributed by atoms with van der Waals surface area (Å²) in [7, 11) is 1.43. The summed E-state index contributed by atoms with van der Waals surface area (Å²) in [6, 6.07) is 8.33. The first kappa shape index (κ1) is 29.3. The number of amides is 2. The minimum Gasteiger partial charge on any atom is -0.493 e. The van der Waals surface area contributed by atoms with E-state index >= 15 is 0 Å². The first-order chi connectivity index (χ1) is 20.8. The summed E-state index contributed by atoms with van der Waals surface area (Å²) >= 11 is 0. The van der Waals surface area contributed by atoms with E-state index in [4.69, 9.17) is 9.47 Å². The molecule has 7 atom stereocenters. The number of hydrogen-bond acceptors (Lipinski definition) is 7. The minimum atomic E-state index is -1.29. The zero-order valence-electron chi connectivity index (χ0n) is 24.1. The summed E-state index contributed by atoms with van der Waals surface area (Å²) in [6.45, 7) is -0.385. The van der Waals surface area contributed by atoms with Crippen molar-refractivity contribution in [2.75, 3.05) is 20.3 Å². The van der Waals surface area contributed by atoms with E-state index in [1.165, 1.54) is 30.6 Å². The standard InChI is InChI=1S/C33H37FN2O7/c1-42-27-13-19(17-38)12-23-29-24(33(41)35-8-9-37)15-26(30(40)32(29)43-31(23)27)36(16-21-4-2-3-5-25(21)34)28(39)14-22-11-18-6-7-20(22)10-18/h2-5,12-13,15,17-18,20,22,26,29-30,32,37,40H,6-11,14,16H2,1H3,(H,35,41). The van der Waals surface area contributed by atoms with Crippen molar-refractivity contribution in [1.29, 1.82) is 0 Å². The van der Waals surface area contributed by atoms with Gasteiger partial charge < -0.3 is 29.9 Å². The van der Waals surface area contributed by atoms with Gasteiger partial charge in [0.1, 0.15) is 24.3 Å². The van der Waals surface area contributed by atoms with Gasteiger partial charge in [-0.25, -0.2) is 4.39 Å². The average molecular weight is 593 g/mol. The smallest absolute Gasteiger partial charge is 0.247 e. The fourth-order valence-electron chi connectivity index (χ4n) is 7.70. The molecular formula is C33H37FN2O7. The van der Waals surface area contributed by atoms with E-state index in [2.05, 4.69) is 5.32 Å². The number of aliphatic hydroxyl groups is 2. The van der Waals surface area contributed by atoms with E-state index in [1.54, 1.807) is 30.3 Å². The molecule has 2 aromatic rings. The molecule has 1 aliphatic heterocycles. The Balaban J connectivity index is 1.41. The fraction of sp³-hybridized carbons (Fsp3) is 0.485. The predicted molar refractivity (Wildman–Crippen MR) is 154 cm³/mol. The maximum Gasteiger partial charge on any atom is 0.247 e. The van der Waals surface area contributed by atoms with Crippen molar-refractivity contribution < 1.29 is 38.5 Å². The number of ether oxygens (including phenoxy) is 2. The van der Waals surface area contributed by atoms with Crippen molar-refractivity contribution in [3.63, 3.8) is 0 Å². The molecular weight excluding hydrogens is 555 g/mol. The summed E-state index contributed by atoms with van der Waals surface area (Å²) in [5.41, 5.74) is 1.34. The van der Waals surface area contributed by atoms with Crippen LogP contribution in [-0.2, 0) is 16.1 Å². The Labute approximate surface area is 249 Å². The summed E-state index contributed by atoms with van der Waals surface area (Å²) in [5.74, 6) is -0.00761. The molecule has 0 spiro atoms. The normalized spacial score (nSPS) is 28.4. The van der Waals surface area contributed by atoms with Crippen LogP contribution in [0, 0.1) is 23.6 Å². The van der Waals surface area contributed by atoms with Crippen molar-refractivity contribution >= 4 is 18.1 Å². The molecule has 2 aromatic carbocycles. The van der Waals surface area contributed by atoms with Gasteiger partial charge in [-0.3, -0.25) is 14.4 Å². The number of fused-ring (bicyclic) bond motifs is 5. The Hall–Kier alpha value is -3.76. The van der Waals surface area contributed by atoms with Gasteiger partial charge in [0, 0.05) is 41.8 Å². The molecule has 6 rings (SSSR count). The first-order valence-corrected chi connectivity index (χ1v) is 15.0. The van der Waals surface area contributed by atoms with Crippen LogP contribution in [0.15, 0.2) is 48.0 Å². The lowest BCUT2D eigenvalue weighted by atomic mass is 9.77. The highest BCUT2D eigenvalue weighted by atomic mass is 19.1. The Morgan fingerprint density at radius 3 is 2.70 bits per heavy atom. The lowest BCUT2D eigenvalue weighted by Crippen LogP contribution is -2.55. The summed E-state index contributed by atoms with van der Waals surface area (Å²) in [6.07, 6.45) is 4.66. The van der Waals surface area contributed by atoms with Crippen LogP contribution in [0.2, 0.25) is 0 Å². The van der Waals surface area contributed by atoms with E-state index in [0.717, 1.165) is 19.3 Å². The molecule has 10 heteroatoms. The van der Waals surface area contributed by atoms with Gasteiger partial charge >= 0.3 is 0 Å². The Kier molecular flexibility index (Phi) is 8.24. The molecule has 43 heavy (non-hydrogen) atoms. The van der Waals surface area contributed by atoms with E-state index < -0.39 is 35.9 Å². The van der Waals surface area contributed by atoms with Gasteiger partial charge in [-0.15, -0.1) is 0 Å². The van der Waals surface area contributed by atoms with Gasteiger partial charge in [0.2, 0.25) is 11.8 Å². The first-order valence-electron chi connectivity index (χ1n) is 15.0. The SMILES string of the molecule is COc1cc(C=O)cc2c1OC1C2C(C(=O)NCCO)=CC(N(Cc2ccccc2F)C(=O)CC2CC3CCC2C3)C1O. The Morgan fingerprint density at radius 1 is 1.21 bits per heavy atom. The van der Waals surface area contributed by atoms with Crippen LogP contribution in [0.25, 0.3) is 0 Å². The number of nitrogens with zero attached hydrogens (tertiary/aromatic N) is 1. The van der Waals surface area contributed by atoms with Crippen molar-refractivity contribution in [3.8, 4) is 11.5 Å². The molecule has 4 aliphatic rings. The summed E-state index contributed by atoms with van der Waals surface area (Å²) < 4.78 is 26.7. The molecule has 3 aliphatic carbocycles. The predicted octanol–water partition coefficient (Wildman–Crippen LogP) is 3.12. The third kappa shape index (κ3) is 5.42. The molecule has 2 saturated carbocycles. The monoisotopic (exact) mass is 592 g/mol.